The maximum atomic E-state index is 5.82. The molecule has 0 aliphatic carbocycles. The quantitative estimate of drug-likeness (QED) is 0.428. The molecule has 4 heterocycles. The molecule has 32 heavy (non-hydrogen) atoms. The van der Waals surface area contributed by atoms with E-state index in [1.807, 2.05) is 47.3 Å². The van der Waals surface area contributed by atoms with Crippen molar-refractivity contribution in [2.75, 3.05) is 11.9 Å². The minimum Gasteiger partial charge on any atom is -0.376 e. The Labute approximate surface area is 183 Å². The van der Waals surface area contributed by atoms with Gasteiger partial charge in [0.05, 0.1) is 35.5 Å². The highest BCUT2D eigenvalue weighted by Crippen LogP contribution is 2.28. The third-order valence-electron chi connectivity index (χ3n) is 5.90. The molecule has 0 radical (unpaired) electrons. The summed E-state index contributed by atoms with van der Waals surface area (Å²) in [7, 11) is 0. The van der Waals surface area contributed by atoms with Crippen molar-refractivity contribution in [2.24, 2.45) is 0 Å². The van der Waals surface area contributed by atoms with Crippen LogP contribution in [0.1, 0.15) is 30.3 Å². The maximum Gasteiger partial charge on any atom is 0.178 e. The van der Waals surface area contributed by atoms with E-state index in [-0.39, 0.29) is 12.1 Å². The fraction of sp³-hybridized carbons (Fsp3) is 0.261. The first-order chi connectivity index (χ1) is 15.8. The number of fused-ring (bicyclic) bond motifs is 2. The zero-order valence-corrected chi connectivity index (χ0v) is 17.3. The number of hydrogen-bond acceptors (Lipinski definition) is 7. The van der Waals surface area contributed by atoms with E-state index in [2.05, 4.69) is 47.9 Å². The van der Waals surface area contributed by atoms with Gasteiger partial charge < -0.3 is 15.0 Å². The van der Waals surface area contributed by atoms with Gasteiger partial charge in [0, 0.05) is 29.4 Å². The topological polar surface area (TPSA) is 106 Å². The van der Waals surface area contributed by atoms with Gasteiger partial charge in [-0.05, 0) is 53.6 Å². The minimum atomic E-state index is -0.292. The van der Waals surface area contributed by atoms with Gasteiger partial charge in [-0.1, -0.05) is 18.2 Å². The smallest absolute Gasteiger partial charge is 0.178 e. The van der Waals surface area contributed by atoms with Crippen LogP contribution in [0.4, 0.5) is 5.69 Å². The summed E-state index contributed by atoms with van der Waals surface area (Å²) in [6.45, 7) is 1.42. The largest absolute Gasteiger partial charge is 0.376 e. The second kappa shape index (κ2) is 8.01. The van der Waals surface area contributed by atoms with Gasteiger partial charge in [0.15, 0.2) is 5.82 Å². The Morgan fingerprint density at radius 2 is 2.09 bits per heavy atom. The Hall–Kier alpha value is -3.85. The lowest BCUT2D eigenvalue weighted by Crippen LogP contribution is -2.23. The molecule has 5 aromatic rings. The number of rotatable bonds is 6. The van der Waals surface area contributed by atoms with Gasteiger partial charge in [0.25, 0.3) is 0 Å². The van der Waals surface area contributed by atoms with E-state index in [1.165, 1.54) is 0 Å². The van der Waals surface area contributed by atoms with E-state index in [4.69, 9.17) is 4.74 Å². The van der Waals surface area contributed by atoms with Crippen LogP contribution in [0.2, 0.25) is 0 Å². The van der Waals surface area contributed by atoms with E-state index in [1.54, 1.807) is 6.33 Å². The Bertz CT molecular complexity index is 1370. The summed E-state index contributed by atoms with van der Waals surface area (Å²) in [5.74, 6) is 0.722. The summed E-state index contributed by atoms with van der Waals surface area (Å²) < 4.78 is 7.66. The first-order valence-electron chi connectivity index (χ1n) is 10.8. The lowest BCUT2D eigenvalue weighted by Gasteiger charge is -2.21. The van der Waals surface area contributed by atoms with Gasteiger partial charge in [-0.3, -0.25) is 4.98 Å². The molecular formula is C23H22N8O. The third-order valence-corrected chi connectivity index (χ3v) is 5.90. The Balaban J connectivity index is 1.41. The summed E-state index contributed by atoms with van der Waals surface area (Å²) >= 11 is 0. The van der Waals surface area contributed by atoms with Crippen molar-refractivity contribution in [3.8, 4) is 0 Å². The van der Waals surface area contributed by atoms with Gasteiger partial charge in [-0.25, -0.2) is 9.67 Å². The van der Waals surface area contributed by atoms with Crippen LogP contribution < -0.4 is 5.32 Å². The molecule has 1 aliphatic rings. The zero-order valence-electron chi connectivity index (χ0n) is 17.3. The molecule has 3 aromatic heterocycles. The summed E-state index contributed by atoms with van der Waals surface area (Å²) in [4.78, 5) is 12.2. The standard InChI is InChI=1S/C23H22N8O/c1-2-6-19-15(4-1)10-16(12-24-19)22(27-17-7-8-20-21(11-17)26-14-25-20)23-28-29-30-31(23)13-18-5-3-9-32-18/h1-2,4,6-8,10-12,14,18,22,27H,3,5,9,13H2,(H,25,26). The fourth-order valence-electron chi connectivity index (χ4n) is 4.26. The number of nitrogens with zero attached hydrogens (tertiary/aromatic N) is 6. The average molecular weight is 426 g/mol. The Kier molecular flexibility index (Phi) is 4.73. The van der Waals surface area contributed by atoms with Crippen molar-refractivity contribution in [1.82, 2.24) is 35.2 Å². The number of anilines is 1. The van der Waals surface area contributed by atoms with Gasteiger partial charge in [0.2, 0.25) is 0 Å². The average Bonchev–Trinajstić information content (AvgIpc) is 3.60. The second-order valence-electron chi connectivity index (χ2n) is 8.03. The molecular weight excluding hydrogens is 404 g/mol. The first-order valence-corrected chi connectivity index (χ1v) is 10.8. The number of para-hydroxylation sites is 1. The highest BCUT2D eigenvalue weighted by atomic mass is 16.5. The Morgan fingerprint density at radius 1 is 1.12 bits per heavy atom. The molecule has 0 spiro atoms. The highest BCUT2D eigenvalue weighted by molar-refractivity contribution is 5.80. The van der Waals surface area contributed by atoms with E-state index in [9.17, 15) is 0 Å². The van der Waals surface area contributed by atoms with E-state index < -0.39 is 0 Å². The molecule has 2 N–H and O–H groups in total. The molecule has 2 atom stereocenters. The number of imidazole rings is 1. The molecule has 1 fully saturated rings. The SMILES string of the molecule is c1ccc2ncc(C(Nc3ccc4[nH]cnc4c3)c3nnnn3CC3CCCO3)cc2c1. The lowest BCUT2D eigenvalue weighted by molar-refractivity contribution is 0.0925. The molecule has 6 rings (SSSR count). The number of ether oxygens (including phenoxy) is 1. The van der Waals surface area contributed by atoms with Crippen LogP contribution in [0, 0.1) is 0 Å². The predicted molar refractivity (Wildman–Crippen MR) is 120 cm³/mol. The van der Waals surface area contributed by atoms with Crippen molar-refractivity contribution >= 4 is 27.6 Å². The number of H-pyrrole nitrogens is 1. The number of tetrazole rings is 1. The first kappa shape index (κ1) is 18.9. The van der Waals surface area contributed by atoms with Crippen molar-refractivity contribution < 1.29 is 4.74 Å². The number of hydrogen-bond donors (Lipinski definition) is 2. The third kappa shape index (κ3) is 3.56. The number of pyridine rings is 1. The molecule has 2 aromatic carbocycles. The van der Waals surface area contributed by atoms with Crippen molar-refractivity contribution in [1.29, 1.82) is 0 Å². The highest BCUT2D eigenvalue weighted by Gasteiger charge is 2.25. The van der Waals surface area contributed by atoms with E-state index >= 15 is 0 Å². The fourth-order valence-corrected chi connectivity index (χ4v) is 4.26. The molecule has 0 bridgehead atoms. The second-order valence-corrected chi connectivity index (χ2v) is 8.03. The van der Waals surface area contributed by atoms with E-state index in [0.29, 0.717) is 6.54 Å². The minimum absolute atomic E-state index is 0.132. The number of aromatic nitrogens is 7. The lowest BCUT2D eigenvalue weighted by atomic mass is 10.0. The molecule has 9 nitrogen and oxygen atoms in total. The molecule has 2 unspecified atom stereocenters. The molecule has 0 saturated carbocycles. The molecule has 0 amide bonds. The van der Waals surface area contributed by atoms with Crippen LogP contribution in [0.3, 0.4) is 0 Å². The van der Waals surface area contributed by atoms with Gasteiger partial charge in [0.1, 0.15) is 6.04 Å². The van der Waals surface area contributed by atoms with Crippen molar-refractivity contribution in [3.05, 3.63) is 72.4 Å². The van der Waals surface area contributed by atoms with Crippen LogP contribution in [-0.4, -0.2) is 47.9 Å². The number of nitrogens with one attached hydrogen (secondary N) is 2. The van der Waals surface area contributed by atoms with Crippen LogP contribution >= 0.6 is 0 Å². The van der Waals surface area contributed by atoms with Crippen LogP contribution in [0.25, 0.3) is 21.9 Å². The Morgan fingerprint density at radius 3 is 3.03 bits per heavy atom. The summed E-state index contributed by atoms with van der Waals surface area (Å²) in [6.07, 6.45) is 5.81. The zero-order chi connectivity index (χ0) is 21.3. The normalized spacial score (nSPS) is 17.2. The summed E-state index contributed by atoms with van der Waals surface area (Å²) in [6, 6.07) is 16.0. The molecule has 9 heteroatoms. The van der Waals surface area contributed by atoms with Crippen molar-refractivity contribution in [3.63, 3.8) is 0 Å². The molecule has 1 aliphatic heterocycles. The summed E-state index contributed by atoms with van der Waals surface area (Å²) in [5, 5.41) is 17.3. The van der Waals surface area contributed by atoms with Gasteiger partial charge in [-0.15, -0.1) is 5.10 Å². The van der Waals surface area contributed by atoms with Gasteiger partial charge in [-0.2, -0.15) is 0 Å². The maximum absolute atomic E-state index is 5.82. The van der Waals surface area contributed by atoms with E-state index in [0.717, 1.165) is 58.5 Å². The number of aromatic amines is 1. The van der Waals surface area contributed by atoms with Crippen molar-refractivity contribution in [2.45, 2.75) is 31.5 Å². The number of benzene rings is 2. The predicted octanol–water partition coefficient (Wildman–Crippen LogP) is 3.48. The van der Waals surface area contributed by atoms with Crippen LogP contribution in [0.15, 0.2) is 61.1 Å². The monoisotopic (exact) mass is 426 g/mol. The molecule has 1 saturated heterocycles. The van der Waals surface area contributed by atoms with Crippen LogP contribution in [0.5, 0.6) is 0 Å². The van der Waals surface area contributed by atoms with Gasteiger partial charge >= 0.3 is 0 Å². The molecule has 160 valence electrons. The summed E-state index contributed by atoms with van der Waals surface area (Å²) in [5.41, 5.74) is 4.74. The van der Waals surface area contributed by atoms with Crippen LogP contribution in [-0.2, 0) is 11.3 Å².